The van der Waals surface area contributed by atoms with Crippen molar-refractivity contribution < 1.29 is 24.2 Å². The van der Waals surface area contributed by atoms with E-state index in [1.54, 1.807) is 6.92 Å². The molecule has 0 bridgehead atoms. The van der Waals surface area contributed by atoms with Crippen molar-refractivity contribution in [1.29, 1.82) is 0 Å². The maximum absolute atomic E-state index is 12.2. The summed E-state index contributed by atoms with van der Waals surface area (Å²) in [6, 6.07) is 15.5. The predicted molar refractivity (Wildman–Crippen MR) is 126 cm³/mol. The molecule has 0 aliphatic heterocycles. The van der Waals surface area contributed by atoms with Crippen LogP contribution in [0.25, 0.3) is 11.1 Å². The summed E-state index contributed by atoms with van der Waals surface area (Å²) in [7, 11) is 0. The molecule has 7 heteroatoms. The Morgan fingerprint density at radius 2 is 1.61 bits per heavy atom. The molecular weight excluding hydrogens is 420 g/mol. The van der Waals surface area contributed by atoms with Crippen molar-refractivity contribution in [1.82, 2.24) is 10.6 Å². The van der Waals surface area contributed by atoms with Crippen LogP contribution in [0.1, 0.15) is 56.6 Å². The van der Waals surface area contributed by atoms with E-state index in [2.05, 4.69) is 34.9 Å². The number of carbonyl (C=O) groups excluding carboxylic acids is 2. The van der Waals surface area contributed by atoms with E-state index in [1.165, 1.54) is 11.1 Å². The molecule has 1 aliphatic carbocycles. The van der Waals surface area contributed by atoms with Gasteiger partial charge in [0.25, 0.3) is 0 Å². The van der Waals surface area contributed by atoms with Gasteiger partial charge < -0.3 is 20.5 Å². The second-order valence-corrected chi connectivity index (χ2v) is 8.48. The third-order valence-electron chi connectivity index (χ3n) is 6.07. The first-order valence-electron chi connectivity index (χ1n) is 11.5. The molecule has 2 aromatic rings. The van der Waals surface area contributed by atoms with Crippen molar-refractivity contribution in [3.05, 3.63) is 59.7 Å². The summed E-state index contributed by atoms with van der Waals surface area (Å²) in [5.41, 5.74) is 4.68. The number of fused-ring (bicyclic) bond motifs is 3. The number of aliphatic carboxylic acids is 1. The van der Waals surface area contributed by atoms with Crippen LogP contribution in [-0.4, -0.2) is 42.3 Å². The Bertz CT molecular complexity index is 945. The lowest BCUT2D eigenvalue weighted by atomic mass is 9.98. The van der Waals surface area contributed by atoms with Gasteiger partial charge in [0.2, 0.25) is 5.91 Å². The molecule has 2 aromatic carbocycles. The third kappa shape index (κ3) is 6.12. The average molecular weight is 453 g/mol. The molecule has 0 radical (unpaired) electrons. The molecule has 3 rings (SSSR count). The van der Waals surface area contributed by atoms with Crippen LogP contribution in [-0.2, 0) is 14.3 Å². The Labute approximate surface area is 194 Å². The first kappa shape index (κ1) is 24.3. The van der Waals surface area contributed by atoms with E-state index in [0.29, 0.717) is 32.2 Å². The zero-order chi connectivity index (χ0) is 23.8. The van der Waals surface area contributed by atoms with Crippen molar-refractivity contribution in [2.24, 2.45) is 5.92 Å². The van der Waals surface area contributed by atoms with E-state index in [1.807, 2.05) is 31.2 Å². The number of nitrogens with one attached hydrogen (secondary N) is 2. The molecule has 0 aromatic heterocycles. The number of alkyl carbamates (subject to hydrolysis) is 1. The van der Waals surface area contributed by atoms with Crippen LogP contribution >= 0.6 is 0 Å². The number of hydrogen-bond donors (Lipinski definition) is 3. The molecule has 176 valence electrons. The summed E-state index contributed by atoms with van der Waals surface area (Å²) >= 11 is 0. The molecule has 0 saturated heterocycles. The van der Waals surface area contributed by atoms with Gasteiger partial charge in [0.15, 0.2) is 0 Å². The fourth-order valence-corrected chi connectivity index (χ4v) is 4.24. The van der Waals surface area contributed by atoms with Crippen molar-refractivity contribution in [2.45, 2.75) is 51.5 Å². The van der Waals surface area contributed by atoms with Crippen LogP contribution in [0.15, 0.2) is 48.5 Å². The molecule has 3 N–H and O–H groups in total. The lowest BCUT2D eigenvalue weighted by Crippen LogP contribution is -2.43. The standard InChI is InChI=1S/C26H32N2O5/c1-3-9-23(25(30)31)28-24(29)17(2)10-8-15-27-26(32)33-16-22-20-13-6-4-11-18(20)19-12-5-7-14-21(19)22/h4-7,11-14,17,22-23H,3,8-10,15-16H2,1-2H3,(H,27,32)(H,28,29)(H,30,31)/t17?,23-/m1/s1. The van der Waals surface area contributed by atoms with Gasteiger partial charge in [0, 0.05) is 18.4 Å². The number of hydrogen-bond acceptors (Lipinski definition) is 4. The predicted octanol–water partition coefficient (Wildman–Crippen LogP) is 4.31. The monoisotopic (exact) mass is 452 g/mol. The summed E-state index contributed by atoms with van der Waals surface area (Å²) < 4.78 is 5.51. The molecule has 2 atom stereocenters. The van der Waals surface area contributed by atoms with E-state index < -0.39 is 18.1 Å². The summed E-state index contributed by atoms with van der Waals surface area (Å²) in [5.74, 6) is -1.63. The highest BCUT2D eigenvalue weighted by Crippen LogP contribution is 2.44. The van der Waals surface area contributed by atoms with E-state index in [9.17, 15) is 19.5 Å². The number of ether oxygens (including phenoxy) is 1. The van der Waals surface area contributed by atoms with Gasteiger partial charge in [0.1, 0.15) is 12.6 Å². The Morgan fingerprint density at radius 3 is 2.18 bits per heavy atom. The smallest absolute Gasteiger partial charge is 0.407 e. The van der Waals surface area contributed by atoms with Gasteiger partial charge in [-0.25, -0.2) is 9.59 Å². The van der Waals surface area contributed by atoms with E-state index in [-0.39, 0.29) is 24.3 Å². The number of amides is 2. The normalized spacial score (nSPS) is 14.0. The van der Waals surface area contributed by atoms with E-state index in [4.69, 9.17) is 4.74 Å². The minimum atomic E-state index is -1.02. The first-order chi connectivity index (χ1) is 15.9. The lowest BCUT2D eigenvalue weighted by molar-refractivity contribution is -0.142. The minimum Gasteiger partial charge on any atom is -0.480 e. The van der Waals surface area contributed by atoms with Crippen LogP contribution in [0, 0.1) is 5.92 Å². The van der Waals surface area contributed by atoms with Crippen LogP contribution < -0.4 is 10.6 Å². The quantitative estimate of drug-likeness (QED) is 0.441. The highest BCUT2D eigenvalue weighted by atomic mass is 16.5. The number of benzene rings is 2. The molecule has 7 nitrogen and oxygen atoms in total. The number of rotatable bonds is 11. The topological polar surface area (TPSA) is 105 Å². The zero-order valence-electron chi connectivity index (χ0n) is 19.2. The average Bonchev–Trinajstić information content (AvgIpc) is 3.13. The van der Waals surface area contributed by atoms with Gasteiger partial charge in [0.05, 0.1) is 0 Å². The van der Waals surface area contributed by atoms with Crippen LogP contribution in [0.4, 0.5) is 4.79 Å². The van der Waals surface area contributed by atoms with E-state index in [0.717, 1.165) is 11.1 Å². The van der Waals surface area contributed by atoms with Gasteiger partial charge in [-0.2, -0.15) is 0 Å². The molecule has 1 unspecified atom stereocenters. The van der Waals surface area contributed by atoms with Gasteiger partial charge in [-0.05, 0) is 41.5 Å². The Kier molecular flexibility index (Phi) is 8.46. The Morgan fingerprint density at radius 1 is 1.00 bits per heavy atom. The van der Waals surface area contributed by atoms with Crippen molar-refractivity contribution in [2.75, 3.05) is 13.2 Å². The van der Waals surface area contributed by atoms with Gasteiger partial charge in [-0.3, -0.25) is 4.79 Å². The molecule has 0 spiro atoms. The molecule has 33 heavy (non-hydrogen) atoms. The number of carbonyl (C=O) groups is 3. The molecule has 0 saturated carbocycles. The lowest BCUT2D eigenvalue weighted by Gasteiger charge is -2.17. The van der Waals surface area contributed by atoms with Crippen LogP contribution in [0.3, 0.4) is 0 Å². The molecular formula is C26H32N2O5. The van der Waals surface area contributed by atoms with Gasteiger partial charge >= 0.3 is 12.1 Å². The Balaban J connectivity index is 1.41. The Hall–Kier alpha value is -3.35. The second-order valence-electron chi connectivity index (χ2n) is 8.48. The van der Waals surface area contributed by atoms with Gasteiger partial charge in [-0.1, -0.05) is 68.8 Å². The van der Waals surface area contributed by atoms with Crippen molar-refractivity contribution >= 4 is 18.0 Å². The molecule has 2 amide bonds. The highest BCUT2D eigenvalue weighted by Gasteiger charge is 2.29. The maximum Gasteiger partial charge on any atom is 0.407 e. The van der Waals surface area contributed by atoms with Crippen molar-refractivity contribution in [3.8, 4) is 11.1 Å². The second kappa shape index (κ2) is 11.5. The molecule has 1 aliphatic rings. The largest absolute Gasteiger partial charge is 0.480 e. The van der Waals surface area contributed by atoms with Crippen LogP contribution in [0.2, 0.25) is 0 Å². The molecule has 0 fully saturated rings. The summed E-state index contributed by atoms with van der Waals surface area (Å²) in [4.78, 5) is 35.6. The van der Waals surface area contributed by atoms with Crippen LogP contribution in [0.5, 0.6) is 0 Å². The van der Waals surface area contributed by atoms with Gasteiger partial charge in [-0.15, -0.1) is 0 Å². The van der Waals surface area contributed by atoms with Crippen molar-refractivity contribution in [3.63, 3.8) is 0 Å². The number of carboxylic acids is 1. The first-order valence-corrected chi connectivity index (χ1v) is 11.5. The third-order valence-corrected chi connectivity index (χ3v) is 6.07. The SMILES string of the molecule is CCC[C@@H](NC(=O)C(C)CCCNC(=O)OCC1c2ccccc2-c2ccccc21)C(=O)O. The fourth-order valence-electron chi connectivity index (χ4n) is 4.24. The maximum atomic E-state index is 12.2. The minimum absolute atomic E-state index is 0.0113. The fraction of sp³-hybridized carbons (Fsp3) is 0.423. The van der Waals surface area contributed by atoms with E-state index >= 15 is 0 Å². The number of carboxylic acid groups (broad SMARTS) is 1. The highest BCUT2D eigenvalue weighted by molar-refractivity contribution is 5.84. The summed E-state index contributed by atoms with van der Waals surface area (Å²) in [6.45, 7) is 4.27. The summed E-state index contributed by atoms with van der Waals surface area (Å²) in [5, 5.41) is 14.5. The summed E-state index contributed by atoms with van der Waals surface area (Å²) in [6.07, 6.45) is 1.72. The molecule has 0 heterocycles. The zero-order valence-corrected chi connectivity index (χ0v) is 19.2.